The number of halogens is 1. The van der Waals surface area contributed by atoms with Crippen LogP contribution in [0.4, 0.5) is 4.39 Å². The second kappa shape index (κ2) is 9.54. The predicted octanol–water partition coefficient (Wildman–Crippen LogP) is 5.15. The van der Waals surface area contributed by atoms with Crippen molar-refractivity contribution in [2.45, 2.75) is 51.2 Å². The van der Waals surface area contributed by atoms with Crippen LogP contribution in [-0.4, -0.2) is 60.8 Å². The predicted molar refractivity (Wildman–Crippen MR) is 161 cm³/mol. The Hall–Kier alpha value is -4.44. The van der Waals surface area contributed by atoms with E-state index in [-0.39, 0.29) is 23.6 Å². The van der Waals surface area contributed by atoms with Crippen LogP contribution in [-0.2, 0) is 6.54 Å². The number of aromatic hydroxyl groups is 1. The van der Waals surface area contributed by atoms with Gasteiger partial charge in [-0.15, -0.1) is 0 Å². The van der Waals surface area contributed by atoms with Crippen LogP contribution in [0.1, 0.15) is 41.6 Å². The van der Waals surface area contributed by atoms with E-state index in [0.29, 0.717) is 35.4 Å². The van der Waals surface area contributed by atoms with Crippen LogP contribution in [0.15, 0.2) is 48.7 Å². The Bertz CT molecular complexity index is 1940. The summed E-state index contributed by atoms with van der Waals surface area (Å²) in [6.45, 7) is 3.47. The van der Waals surface area contributed by atoms with Crippen molar-refractivity contribution in [1.29, 1.82) is 0 Å². The minimum atomic E-state index is -0.688. The fraction of sp³-hybridized carbons (Fsp3) is 0.364. The Morgan fingerprint density at radius 2 is 2.00 bits per heavy atom. The van der Waals surface area contributed by atoms with Crippen molar-refractivity contribution in [2.24, 2.45) is 17.6 Å². The molecule has 9 nitrogen and oxygen atoms in total. The number of pyridine rings is 2. The minimum Gasteiger partial charge on any atom is -0.505 e. The van der Waals surface area contributed by atoms with E-state index in [1.165, 1.54) is 6.07 Å². The standard InChI is InChI=1S/C33H33FN6O3/c1-17-30(37-40-16-21(13-27(43-2)31(17)40)33(42)39-15-20-9-11-24(39)29(20)35)25-12-19-8-10-23(22-4-3-5-26(41)28(22)34)36-32(19)38(25)14-18-6-7-18/h3-5,8,10,12-13,16,18,20,24,29,41H,6-7,9,11,14-15,35H2,1-2H3/t20?,24?,29-/m1/s1. The monoisotopic (exact) mass is 580 g/mol. The summed E-state index contributed by atoms with van der Waals surface area (Å²) in [6.07, 6.45) is 6.11. The smallest absolute Gasteiger partial charge is 0.255 e. The van der Waals surface area contributed by atoms with Crippen molar-refractivity contribution >= 4 is 22.5 Å². The number of piperidine rings is 1. The Balaban J connectivity index is 1.25. The molecule has 2 aliphatic carbocycles. The number of hydrogen-bond acceptors (Lipinski definition) is 6. The molecule has 3 atom stereocenters. The Labute approximate surface area is 247 Å². The normalized spacial score (nSPS) is 21.4. The van der Waals surface area contributed by atoms with Crippen LogP contribution in [0.3, 0.4) is 0 Å². The fourth-order valence-electron chi connectivity index (χ4n) is 7.18. The molecule has 2 unspecified atom stereocenters. The molecule has 1 saturated heterocycles. The minimum absolute atomic E-state index is 0.0414. The number of aromatic nitrogens is 4. The summed E-state index contributed by atoms with van der Waals surface area (Å²) in [5.74, 6) is 0.352. The lowest BCUT2D eigenvalue weighted by molar-refractivity contribution is 0.0699. The lowest BCUT2D eigenvalue weighted by Crippen LogP contribution is -2.41. The Morgan fingerprint density at radius 3 is 2.72 bits per heavy atom. The number of likely N-dealkylation sites (tertiary alicyclic amines) is 1. The van der Waals surface area contributed by atoms with E-state index in [1.54, 1.807) is 36.0 Å². The number of methoxy groups -OCH3 is 1. The van der Waals surface area contributed by atoms with Crippen LogP contribution in [0.5, 0.6) is 11.5 Å². The molecule has 5 aromatic rings. The summed E-state index contributed by atoms with van der Waals surface area (Å²) < 4.78 is 24.6. The molecule has 0 radical (unpaired) electrons. The molecule has 43 heavy (non-hydrogen) atoms. The van der Waals surface area contributed by atoms with Gasteiger partial charge in [-0.05, 0) is 80.8 Å². The van der Waals surface area contributed by atoms with E-state index >= 15 is 0 Å². The number of phenols is 1. The number of phenolic OH excluding ortho intramolecular Hbond substituents is 1. The van der Waals surface area contributed by atoms with Crippen LogP contribution in [0.25, 0.3) is 39.2 Å². The maximum absolute atomic E-state index is 14.8. The Morgan fingerprint density at radius 1 is 1.16 bits per heavy atom. The van der Waals surface area contributed by atoms with Crippen molar-refractivity contribution in [3.05, 3.63) is 65.6 Å². The highest BCUT2D eigenvalue weighted by Crippen LogP contribution is 2.40. The van der Waals surface area contributed by atoms with Crippen molar-refractivity contribution in [1.82, 2.24) is 24.1 Å². The lowest BCUT2D eigenvalue weighted by atomic mass is 10.1. The number of rotatable bonds is 6. The van der Waals surface area contributed by atoms with E-state index in [4.69, 9.17) is 20.6 Å². The number of amides is 1. The highest BCUT2D eigenvalue weighted by molar-refractivity contribution is 5.96. The van der Waals surface area contributed by atoms with Crippen molar-refractivity contribution in [2.75, 3.05) is 13.7 Å². The van der Waals surface area contributed by atoms with Crippen LogP contribution in [0, 0.1) is 24.6 Å². The number of fused-ring (bicyclic) bond motifs is 4. The third-order valence-corrected chi connectivity index (χ3v) is 9.69. The first-order valence-corrected chi connectivity index (χ1v) is 14.9. The molecule has 1 aliphatic heterocycles. The second-order valence-corrected chi connectivity index (χ2v) is 12.3. The number of carbonyl (C=O) groups is 1. The molecule has 3 aliphatic rings. The van der Waals surface area contributed by atoms with Crippen molar-refractivity contribution < 1.29 is 19.0 Å². The summed E-state index contributed by atoms with van der Waals surface area (Å²) in [6, 6.07) is 12.3. The van der Waals surface area contributed by atoms with E-state index in [0.717, 1.165) is 65.7 Å². The number of ether oxygens (including phenoxy) is 1. The summed E-state index contributed by atoms with van der Waals surface area (Å²) in [5.41, 5.74) is 11.8. The van der Waals surface area contributed by atoms with Crippen LogP contribution >= 0.6 is 0 Å². The van der Waals surface area contributed by atoms with Crippen LogP contribution < -0.4 is 10.5 Å². The molecule has 10 heteroatoms. The summed E-state index contributed by atoms with van der Waals surface area (Å²) in [4.78, 5) is 20.5. The molecule has 8 rings (SSSR count). The van der Waals surface area contributed by atoms with E-state index in [9.17, 15) is 14.3 Å². The lowest BCUT2D eigenvalue weighted by Gasteiger charge is -2.27. The van der Waals surface area contributed by atoms with Gasteiger partial charge in [-0.2, -0.15) is 5.10 Å². The van der Waals surface area contributed by atoms with Gasteiger partial charge in [-0.3, -0.25) is 4.79 Å². The molecule has 5 heterocycles. The maximum atomic E-state index is 14.8. The summed E-state index contributed by atoms with van der Waals surface area (Å²) in [7, 11) is 1.61. The average Bonchev–Trinajstić information content (AvgIpc) is 3.42. The molecule has 1 aromatic carbocycles. The highest BCUT2D eigenvalue weighted by atomic mass is 19.1. The quantitative estimate of drug-likeness (QED) is 0.287. The number of nitrogens with zero attached hydrogens (tertiary/aromatic N) is 5. The molecule has 2 saturated carbocycles. The van der Waals surface area contributed by atoms with Gasteiger partial charge in [0.15, 0.2) is 11.6 Å². The van der Waals surface area contributed by atoms with Crippen molar-refractivity contribution in [3.8, 4) is 34.1 Å². The zero-order valence-corrected chi connectivity index (χ0v) is 24.1. The molecule has 0 spiro atoms. The number of benzene rings is 1. The molecule has 4 aromatic heterocycles. The molecule has 220 valence electrons. The van der Waals surface area contributed by atoms with Gasteiger partial charge in [0, 0.05) is 47.9 Å². The molecular formula is C33H33FN6O3. The van der Waals surface area contributed by atoms with Crippen molar-refractivity contribution in [3.63, 3.8) is 0 Å². The van der Waals surface area contributed by atoms with E-state index < -0.39 is 11.6 Å². The van der Waals surface area contributed by atoms with Gasteiger partial charge in [0.25, 0.3) is 5.91 Å². The summed E-state index contributed by atoms with van der Waals surface area (Å²) >= 11 is 0. The third-order valence-electron chi connectivity index (χ3n) is 9.69. The van der Waals surface area contributed by atoms with Gasteiger partial charge in [0.1, 0.15) is 22.6 Å². The van der Waals surface area contributed by atoms with Gasteiger partial charge in [0.05, 0.1) is 24.1 Å². The van der Waals surface area contributed by atoms with E-state index in [1.807, 2.05) is 24.0 Å². The molecule has 1 amide bonds. The van der Waals surface area contributed by atoms with Gasteiger partial charge in [-0.1, -0.05) is 6.07 Å². The first-order chi connectivity index (χ1) is 20.8. The Kier molecular flexibility index (Phi) is 5.81. The van der Waals surface area contributed by atoms with Gasteiger partial charge in [-0.25, -0.2) is 13.9 Å². The number of aryl methyl sites for hydroxylation is 1. The second-order valence-electron chi connectivity index (χ2n) is 12.3. The first kappa shape index (κ1) is 26.2. The highest BCUT2D eigenvalue weighted by Gasteiger charge is 2.47. The molecule has 2 bridgehead atoms. The summed E-state index contributed by atoms with van der Waals surface area (Å²) in [5, 5.41) is 15.9. The van der Waals surface area contributed by atoms with E-state index in [2.05, 4.69) is 10.6 Å². The molecule has 3 fully saturated rings. The fourth-order valence-corrected chi connectivity index (χ4v) is 7.18. The largest absolute Gasteiger partial charge is 0.505 e. The zero-order valence-electron chi connectivity index (χ0n) is 24.1. The average molecular weight is 581 g/mol. The van der Waals surface area contributed by atoms with Gasteiger partial charge >= 0.3 is 0 Å². The number of hydrogen-bond donors (Lipinski definition) is 2. The van der Waals surface area contributed by atoms with Gasteiger partial charge in [0.2, 0.25) is 0 Å². The van der Waals surface area contributed by atoms with Gasteiger partial charge < -0.3 is 25.0 Å². The first-order valence-electron chi connectivity index (χ1n) is 14.9. The zero-order chi connectivity index (χ0) is 29.6. The maximum Gasteiger partial charge on any atom is 0.255 e. The third kappa shape index (κ3) is 4.03. The van der Waals surface area contributed by atoms with Crippen LogP contribution in [0.2, 0.25) is 0 Å². The SMILES string of the molecule is COc1cc(C(=O)N2CC3CCC2[C@@H]3N)cn2nc(-c3cc4ccc(-c5cccc(O)c5F)nc4n3CC3CC3)c(C)c12. The molecule has 3 N–H and O–H groups in total. The number of carbonyl (C=O) groups excluding carboxylic acids is 1. The number of nitrogens with two attached hydrogens (primary N) is 1. The molecular weight excluding hydrogens is 547 g/mol. The topological polar surface area (TPSA) is 111 Å².